The first-order chi connectivity index (χ1) is 19.7. The fourth-order valence-corrected chi connectivity index (χ4v) is 4.93. The summed E-state index contributed by atoms with van der Waals surface area (Å²) in [4.78, 5) is 59.2. The molecule has 0 heterocycles. The summed E-state index contributed by atoms with van der Waals surface area (Å²) in [5, 5.41) is 17.8. The van der Waals surface area contributed by atoms with Crippen LogP contribution in [0.25, 0.3) is 0 Å². The monoisotopic (exact) mass is 581 g/mol. The van der Waals surface area contributed by atoms with E-state index in [4.69, 9.17) is 0 Å². The van der Waals surface area contributed by atoms with Crippen LogP contribution in [0.1, 0.15) is 142 Å². The molecule has 0 rings (SSSR count). The number of carbonyl (C=O) groups is 5. The van der Waals surface area contributed by atoms with Crippen molar-refractivity contribution < 1.29 is 29.1 Å². The maximum absolute atomic E-state index is 12.3. The van der Waals surface area contributed by atoms with E-state index in [0.29, 0.717) is 32.2 Å². The van der Waals surface area contributed by atoms with Crippen molar-refractivity contribution in [2.24, 2.45) is 5.92 Å². The molecule has 0 fully saturated rings. The number of hydrogen-bond acceptors (Lipinski definition) is 6. The van der Waals surface area contributed by atoms with Gasteiger partial charge in [0.15, 0.2) is 5.78 Å². The van der Waals surface area contributed by atoms with Crippen LogP contribution < -0.4 is 16.0 Å². The van der Waals surface area contributed by atoms with Crippen molar-refractivity contribution in [1.82, 2.24) is 16.0 Å². The van der Waals surface area contributed by atoms with E-state index in [2.05, 4.69) is 22.9 Å². The largest absolute Gasteiger partial charge is 0.481 e. The van der Waals surface area contributed by atoms with E-state index in [-0.39, 0.29) is 55.2 Å². The lowest BCUT2D eigenvalue weighted by Gasteiger charge is -2.15. The third-order valence-electron chi connectivity index (χ3n) is 7.59. The average molecular weight is 582 g/mol. The molecule has 0 aromatic heterocycles. The van der Waals surface area contributed by atoms with Crippen molar-refractivity contribution in [3.05, 3.63) is 0 Å². The summed E-state index contributed by atoms with van der Waals surface area (Å²) < 4.78 is 0. The van der Waals surface area contributed by atoms with Crippen LogP contribution in [0.5, 0.6) is 0 Å². The molecular weight excluding hydrogens is 522 g/mol. The maximum Gasteiger partial charge on any atom is 0.306 e. The molecule has 0 saturated carbocycles. The van der Waals surface area contributed by atoms with Crippen LogP contribution in [0.4, 0.5) is 0 Å². The van der Waals surface area contributed by atoms with Crippen LogP contribution >= 0.6 is 0 Å². The van der Waals surface area contributed by atoms with E-state index in [1.807, 2.05) is 0 Å². The highest BCUT2D eigenvalue weighted by molar-refractivity contribution is 5.89. The van der Waals surface area contributed by atoms with Crippen LogP contribution in [0.3, 0.4) is 0 Å². The lowest BCUT2D eigenvalue weighted by molar-refractivity contribution is -0.144. The highest BCUT2D eigenvalue weighted by atomic mass is 16.4. The number of carbonyl (C=O) groups excluding carboxylic acids is 4. The smallest absolute Gasteiger partial charge is 0.306 e. The number of hydrogen-bond donors (Lipinski definition) is 4. The Bertz CT molecular complexity index is 743. The number of unbranched alkanes of at least 4 members (excludes halogenated alkanes) is 13. The fourth-order valence-electron chi connectivity index (χ4n) is 4.93. The maximum atomic E-state index is 12.3. The highest BCUT2D eigenvalue weighted by Crippen LogP contribution is 2.17. The van der Waals surface area contributed by atoms with E-state index in [9.17, 15) is 29.1 Å². The van der Waals surface area contributed by atoms with Crippen molar-refractivity contribution in [3.63, 3.8) is 0 Å². The number of carboxylic acids is 1. The Balaban J connectivity index is 3.92. The molecule has 0 aliphatic carbocycles. The first-order valence-corrected chi connectivity index (χ1v) is 16.2. The van der Waals surface area contributed by atoms with Crippen LogP contribution in [-0.4, -0.2) is 60.6 Å². The van der Waals surface area contributed by atoms with Gasteiger partial charge in [0, 0.05) is 32.7 Å². The normalized spacial score (nSPS) is 12.5. The van der Waals surface area contributed by atoms with E-state index in [1.165, 1.54) is 71.1 Å². The van der Waals surface area contributed by atoms with Crippen LogP contribution in [0.15, 0.2) is 0 Å². The molecule has 0 aliphatic rings. The molecule has 238 valence electrons. The summed E-state index contributed by atoms with van der Waals surface area (Å²) in [5.74, 6) is -2.46. The minimum absolute atomic E-state index is 0.00970. The Hall–Kier alpha value is -2.29. The summed E-state index contributed by atoms with van der Waals surface area (Å²) in [5.41, 5.74) is 0. The number of likely N-dealkylation sites (N-methyl/N-ethyl adjacent to an activating group) is 1. The molecule has 9 heteroatoms. The Morgan fingerprint density at radius 1 is 0.683 bits per heavy atom. The molecule has 0 aromatic carbocycles. The van der Waals surface area contributed by atoms with Crippen LogP contribution in [0.2, 0.25) is 0 Å². The predicted octanol–water partition coefficient (Wildman–Crippen LogP) is 5.49. The Kier molecular flexibility index (Phi) is 25.1. The molecule has 9 nitrogen and oxygen atoms in total. The molecule has 0 unspecified atom stereocenters. The third kappa shape index (κ3) is 24.1. The predicted molar refractivity (Wildman–Crippen MR) is 164 cm³/mol. The van der Waals surface area contributed by atoms with Gasteiger partial charge < -0.3 is 21.1 Å². The van der Waals surface area contributed by atoms with Gasteiger partial charge in [-0.05, 0) is 39.2 Å². The zero-order valence-corrected chi connectivity index (χ0v) is 26.2. The second-order valence-electron chi connectivity index (χ2n) is 11.4. The zero-order valence-electron chi connectivity index (χ0n) is 26.2. The van der Waals surface area contributed by atoms with Gasteiger partial charge in [-0.2, -0.15) is 0 Å². The van der Waals surface area contributed by atoms with Gasteiger partial charge >= 0.3 is 5.97 Å². The number of rotatable bonds is 29. The van der Waals surface area contributed by atoms with Crippen molar-refractivity contribution in [2.75, 3.05) is 20.1 Å². The van der Waals surface area contributed by atoms with E-state index in [0.717, 1.165) is 19.3 Å². The van der Waals surface area contributed by atoms with Crippen LogP contribution in [-0.2, 0) is 24.0 Å². The molecule has 2 atom stereocenters. The van der Waals surface area contributed by atoms with Crippen molar-refractivity contribution in [2.45, 2.75) is 148 Å². The van der Waals surface area contributed by atoms with Gasteiger partial charge in [-0.1, -0.05) is 84.0 Å². The van der Waals surface area contributed by atoms with Crippen molar-refractivity contribution in [3.8, 4) is 0 Å². The molecule has 0 aromatic rings. The molecule has 0 bridgehead atoms. The van der Waals surface area contributed by atoms with E-state index < -0.39 is 11.9 Å². The average Bonchev–Trinajstić information content (AvgIpc) is 2.93. The minimum Gasteiger partial charge on any atom is -0.481 e. The van der Waals surface area contributed by atoms with Crippen molar-refractivity contribution >= 4 is 29.4 Å². The molecule has 41 heavy (non-hydrogen) atoms. The molecule has 0 aliphatic heterocycles. The van der Waals surface area contributed by atoms with Gasteiger partial charge in [-0.25, -0.2) is 0 Å². The summed E-state index contributed by atoms with van der Waals surface area (Å²) in [6, 6.07) is -0.355. The van der Waals surface area contributed by atoms with Crippen molar-refractivity contribution in [1.29, 1.82) is 0 Å². The summed E-state index contributed by atoms with van der Waals surface area (Å²) in [6.07, 6.45) is 18.7. The molecule has 4 N–H and O–H groups in total. The number of aliphatic carboxylic acids is 1. The third-order valence-corrected chi connectivity index (χ3v) is 7.59. The fraction of sp³-hybridized carbons (Fsp3) is 0.844. The number of ketones is 2. The Labute approximate surface area is 248 Å². The first kappa shape index (κ1) is 38.7. The molecule has 0 spiro atoms. The van der Waals surface area contributed by atoms with Gasteiger partial charge in [0.1, 0.15) is 5.78 Å². The lowest BCUT2D eigenvalue weighted by Crippen LogP contribution is -2.41. The lowest BCUT2D eigenvalue weighted by atomic mass is 9.94. The standard InChI is InChI=1S/C32H59N3O6/c1-4-5-6-7-8-9-10-11-12-13-14-15-16-19-28(37)24-27(32(40)41)21-22-31(39)34-23-18-17-20-29(33-3)30(38)25-35-26(2)36/h27,29,33H,4-25H2,1-3H3,(H,34,39)(H,35,36)(H,40,41)/t27-,29+/m1/s1. The molecule has 0 saturated heterocycles. The summed E-state index contributed by atoms with van der Waals surface area (Å²) in [6.45, 7) is 4.03. The second-order valence-corrected chi connectivity index (χ2v) is 11.4. The number of nitrogens with one attached hydrogen (secondary N) is 3. The second kappa shape index (κ2) is 26.6. The summed E-state index contributed by atoms with van der Waals surface area (Å²) >= 11 is 0. The van der Waals surface area contributed by atoms with Gasteiger partial charge in [0.05, 0.1) is 18.5 Å². The van der Waals surface area contributed by atoms with Gasteiger partial charge in [-0.15, -0.1) is 0 Å². The quantitative estimate of drug-likeness (QED) is 0.0856. The molecular formula is C32H59N3O6. The summed E-state index contributed by atoms with van der Waals surface area (Å²) in [7, 11) is 1.70. The van der Waals surface area contributed by atoms with E-state index in [1.54, 1.807) is 7.05 Å². The zero-order chi connectivity index (χ0) is 30.7. The number of carboxylic acid groups (broad SMARTS) is 1. The number of Topliss-reactive ketones (excluding diaryl/α,β-unsaturated/α-hetero) is 2. The number of amides is 2. The topological polar surface area (TPSA) is 142 Å². The Morgan fingerprint density at radius 2 is 1.24 bits per heavy atom. The SMILES string of the molecule is CCCCCCCCCCCCCCCC(=O)C[C@@H](CCC(=O)NCCCC[C@H](NC)C(=O)CNC(C)=O)C(=O)O. The Morgan fingerprint density at radius 3 is 1.76 bits per heavy atom. The van der Waals surface area contributed by atoms with Gasteiger partial charge in [-0.3, -0.25) is 24.0 Å². The molecule has 2 amide bonds. The highest BCUT2D eigenvalue weighted by Gasteiger charge is 2.22. The van der Waals surface area contributed by atoms with E-state index >= 15 is 0 Å². The van der Waals surface area contributed by atoms with Gasteiger partial charge in [0.2, 0.25) is 11.8 Å². The van der Waals surface area contributed by atoms with Gasteiger partial charge in [0.25, 0.3) is 0 Å². The van der Waals surface area contributed by atoms with Crippen LogP contribution in [0, 0.1) is 5.92 Å². The first-order valence-electron chi connectivity index (χ1n) is 16.2. The molecule has 0 radical (unpaired) electrons. The minimum atomic E-state index is -1.03.